The summed E-state index contributed by atoms with van der Waals surface area (Å²) in [5, 5.41) is 2.68. The minimum Gasteiger partial charge on any atom is -0.743 e. The van der Waals surface area contributed by atoms with E-state index in [1.165, 1.54) is 0 Å². The Labute approximate surface area is 120 Å². The molecule has 0 unspecified atom stereocenters. The molecule has 0 heterocycles. The molecule has 5 nitrogen and oxygen atoms in total. The van der Waals surface area contributed by atoms with Crippen LogP contribution in [-0.2, 0) is 14.9 Å². The molecule has 0 radical (unpaired) electrons. The quantitative estimate of drug-likeness (QED) is 0.291. The van der Waals surface area contributed by atoms with Crippen molar-refractivity contribution >= 4 is 16.1 Å². The molecule has 0 amide bonds. The second kappa shape index (κ2) is 6.07. The van der Waals surface area contributed by atoms with E-state index in [4.69, 9.17) is 0 Å². The molecule has 0 saturated heterocycles. The molecule has 0 bridgehead atoms. The Hall–Kier alpha value is 0.155. The van der Waals surface area contributed by atoms with Crippen molar-refractivity contribution in [3.63, 3.8) is 0 Å². The minimum absolute atomic E-state index is 0. The van der Waals surface area contributed by atoms with Crippen molar-refractivity contribution < 1.29 is 86.9 Å². The third-order valence-corrected chi connectivity index (χ3v) is 2.21. The molecule has 14 heteroatoms. The van der Waals surface area contributed by atoms with Gasteiger partial charge in [0.05, 0.1) is 0 Å². The molecule has 0 aromatic heterocycles. The second-order valence-electron chi connectivity index (χ2n) is 2.41. The van der Waals surface area contributed by atoms with E-state index in [-0.39, 0.29) is 37.7 Å². The predicted octanol–water partition coefficient (Wildman–Crippen LogP) is -6.85. The first kappa shape index (κ1) is 23.3. The van der Waals surface area contributed by atoms with Gasteiger partial charge in [-0.05, 0) is 0 Å². The first-order chi connectivity index (χ1) is 6.69. The fourth-order valence-corrected chi connectivity index (χ4v) is 0.910. The summed E-state index contributed by atoms with van der Waals surface area (Å²) in [4.78, 5) is 9.47. The van der Waals surface area contributed by atoms with Crippen molar-refractivity contribution in [1.82, 2.24) is 0 Å². The molecule has 0 aromatic carbocycles. The van der Waals surface area contributed by atoms with Crippen LogP contribution in [0, 0.1) is 0 Å². The van der Waals surface area contributed by atoms with Crippen LogP contribution in [-0.4, -0.2) is 36.0 Å². The van der Waals surface area contributed by atoms with Gasteiger partial charge in [-0.3, -0.25) is 0 Å². The number of carbonyl (C=O) groups excluding carboxylic acids is 1. The molecule has 0 aromatic rings. The number of hydrogen-bond donors (Lipinski definition) is 0. The number of alkyl halides is 6. The first-order valence-electron chi connectivity index (χ1n) is 3.00. The van der Waals surface area contributed by atoms with Crippen molar-refractivity contribution in [3.05, 3.63) is 0 Å². The second-order valence-corrected chi connectivity index (χ2v) is 3.83. The number of hydrogen-bond acceptors (Lipinski definition) is 5. The van der Waals surface area contributed by atoms with Crippen LogP contribution in [0.4, 0.5) is 26.3 Å². The summed E-state index contributed by atoms with van der Waals surface area (Å²) in [6.07, 6.45) is 0. The maximum atomic E-state index is 12.2. The molecular weight excluding hydrogens is 288 g/mol. The van der Waals surface area contributed by atoms with Gasteiger partial charge in [-0.2, -0.15) is 26.3 Å². The number of rotatable bonds is 4. The van der Waals surface area contributed by atoms with E-state index in [2.05, 4.69) is 0 Å². The van der Waals surface area contributed by atoms with Gasteiger partial charge >= 0.3 is 54.8 Å². The number of halogens is 6. The van der Waals surface area contributed by atoms with Gasteiger partial charge in [-0.25, -0.2) is 8.42 Å². The van der Waals surface area contributed by atoms with E-state index in [9.17, 15) is 49.2 Å². The molecule has 0 aliphatic carbocycles. The SMILES string of the molecule is O=C([O-])C(F)(F)C(F)(F)C(F)(F)S(=O)(=O)[O-].[Li+].[Li+]. The monoisotopic (exact) mass is 288 g/mol. The van der Waals surface area contributed by atoms with Crippen LogP contribution in [0.15, 0.2) is 0 Å². The third kappa shape index (κ3) is 3.38. The zero-order valence-corrected chi connectivity index (χ0v) is 9.53. The van der Waals surface area contributed by atoms with Crippen LogP contribution in [0.2, 0.25) is 0 Å². The summed E-state index contributed by atoms with van der Waals surface area (Å²) in [6, 6.07) is 0. The topological polar surface area (TPSA) is 97.3 Å². The van der Waals surface area contributed by atoms with Crippen molar-refractivity contribution in [2.45, 2.75) is 17.1 Å². The Morgan fingerprint density at radius 2 is 1.22 bits per heavy atom. The minimum atomic E-state index is -7.18. The maximum Gasteiger partial charge on any atom is 1.00 e. The zero-order valence-electron chi connectivity index (χ0n) is 8.72. The summed E-state index contributed by atoms with van der Waals surface area (Å²) in [5.74, 6) is -17.4. The predicted molar refractivity (Wildman–Crippen MR) is 29.5 cm³/mol. The third-order valence-electron chi connectivity index (χ3n) is 1.33. The van der Waals surface area contributed by atoms with Gasteiger partial charge in [0.1, 0.15) is 5.97 Å². The molecule has 18 heavy (non-hydrogen) atoms. The van der Waals surface area contributed by atoms with Gasteiger partial charge in [-0.15, -0.1) is 0 Å². The molecule has 0 N–H and O–H groups in total. The van der Waals surface area contributed by atoms with Crippen molar-refractivity contribution in [1.29, 1.82) is 0 Å². The number of carboxylic acid groups (broad SMARTS) is 1. The summed E-state index contributed by atoms with van der Waals surface area (Å²) in [5.41, 5.74) is 0. The van der Waals surface area contributed by atoms with Crippen LogP contribution >= 0.6 is 0 Å². The molecule has 0 saturated carbocycles. The van der Waals surface area contributed by atoms with Crippen molar-refractivity contribution in [2.75, 3.05) is 0 Å². The average molecular weight is 288 g/mol. The van der Waals surface area contributed by atoms with Crippen LogP contribution in [0.25, 0.3) is 0 Å². The smallest absolute Gasteiger partial charge is 0.743 e. The van der Waals surface area contributed by atoms with Crippen molar-refractivity contribution in [2.24, 2.45) is 0 Å². The summed E-state index contributed by atoms with van der Waals surface area (Å²) < 4.78 is 102. The van der Waals surface area contributed by atoms with E-state index in [0.717, 1.165) is 0 Å². The Balaban J connectivity index is -0.00000112. The molecule has 0 fully saturated rings. The molecule has 96 valence electrons. The van der Waals surface area contributed by atoms with E-state index >= 15 is 0 Å². The Morgan fingerprint density at radius 1 is 0.944 bits per heavy atom. The fourth-order valence-electron chi connectivity index (χ4n) is 0.468. The largest absolute Gasteiger partial charge is 1.00 e. The summed E-state index contributed by atoms with van der Waals surface area (Å²) >= 11 is 0. The maximum absolute atomic E-state index is 12.2. The first-order valence-corrected chi connectivity index (χ1v) is 4.40. The van der Waals surface area contributed by atoms with Crippen LogP contribution in [0.1, 0.15) is 0 Å². The average Bonchev–Trinajstić information content (AvgIpc) is 2.00. The molecule has 0 spiro atoms. The Morgan fingerprint density at radius 3 is 1.39 bits per heavy atom. The van der Waals surface area contributed by atoms with Gasteiger partial charge in [0, 0.05) is 0 Å². The zero-order chi connectivity index (χ0) is 13.6. The van der Waals surface area contributed by atoms with Gasteiger partial charge in [0.2, 0.25) is 0 Å². The Kier molecular flexibility index (Phi) is 7.85. The Bertz CT molecular complexity index is 408. The van der Waals surface area contributed by atoms with Crippen LogP contribution in [0.5, 0.6) is 0 Å². The van der Waals surface area contributed by atoms with E-state index in [1.54, 1.807) is 0 Å². The molecule has 0 rings (SSSR count). The van der Waals surface area contributed by atoms with Gasteiger partial charge in [-0.1, -0.05) is 0 Å². The molecule has 0 aliphatic rings. The summed E-state index contributed by atoms with van der Waals surface area (Å²) in [6.45, 7) is 0. The van der Waals surface area contributed by atoms with E-state index < -0.39 is 33.2 Å². The van der Waals surface area contributed by atoms with Gasteiger partial charge in [0.25, 0.3) is 0 Å². The normalized spacial score (nSPS) is 13.3. The number of carboxylic acids is 1. The number of carbonyl (C=O) groups is 1. The van der Waals surface area contributed by atoms with Crippen LogP contribution in [0.3, 0.4) is 0 Å². The van der Waals surface area contributed by atoms with Gasteiger partial charge < -0.3 is 14.5 Å². The van der Waals surface area contributed by atoms with Crippen molar-refractivity contribution in [3.8, 4) is 0 Å². The number of aliphatic carboxylic acids is 1. The van der Waals surface area contributed by atoms with E-state index in [0.29, 0.717) is 0 Å². The standard InChI is InChI=1S/C4H2F6O5S.2Li/c5-2(6,1(11)12)3(7,8)4(9,10)16(13,14)15;;/h(H,11,12)(H,13,14,15);;/q;2*+1/p-2. The van der Waals surface area contributed by atoms with Gasteiger partial charge in [0.15, 0.2) is 10.1 Å². The van der Waals surface area contributed by atoms with E-state index in [1.807, 2.05) is 0 Å². The molecular formula is C4F6Li2O5S. The van der Waals surface area contributed by atoms with Crippen LogP contribution < -0.4 is 42.8 Å². The summed E-state index contributed by atoms with van der Waals surface area (Å²) in [7, 11) is -7.18. The molecule has 0 aliphatic heterocycles. The molecule has 0 atom stereocenters. The fraction of sp³-hybridized carbons (Fsp3) is 0.750.